The van der Waals surface area contributed by atoms with Crippen molar-refractivity contribution >= 4 is 30.7 Å². The topological polar surface area (TPSA) is 49.6 Å². The van der Waals surface area contributed by atoms with Crippen molar-refractivity contribution in [3.8, 4) is 0 Å². The molecule has 2 atom stereocenters. The predicted molar refractivity (Wildman–Crippen MR) is 129 cm³/mol. The van der Waals surface area contributed by atoms with Crippen LogP contribution in [0.1, 0.15) is 30.9 Å². The van der Waals surface area contributed by atoms with Crippen LogP contribution in [0.5, 0.6) is 0 Å². The number of likely N-dealkylation sites (tertiary alicyclic amines) is 1. The molecule has 0 bridgehead atoms. The van der Waals surface area contributed by atoms with E-state index in [-0.39, 0.29) is 48.2 Å². The molecule has 166 valence electrons. The van der Waals surface area contributed by atoms with Crippen LogP contribution in [-0.4, -0.2) is 48.9 Å². The summed E-state index contributed by atoms with van der Waals surface area (Å²) in [5, 5.41) is 0. The number of nitrogens with two attached hydrogens (primary N) is 1. The Morgan fingerprint density at radius 2 is 1.50 bits per heavy atom. The van der Waals surface area contributed by atoms with Crippen LogP contribution in [-0.2, 0) is 16.8 Å². The van der Waals surface area contributed by atoms with Gasteiger partial charge in [-0.1, -0.05) is 60.7 Å². The van der Waals surface area contributed by atoms with Crippen LogP contribution in [0.15, 0.2) is 60.7 Å². The van der Waals surface area contributed by atoms with Gasteiger partial charge < -0.3 is 10.6 Å². The van der Waals surface area contributed by atoms with Gasteiger partial charge in [0.25, 0.3) is 0 Å². The Morgan fingerprint density at radius 3 is 1.97 bits per heavy atom. The van der Waals surface area contributed by atoms with Gasteiger partial charge in [-0.15, -0.1) is 24.8 Å². The van der Waals surface area contributed by atoms with E-state index in [4.69, 9.17) is 5.73 Å². The molecule has 30 heavy (non-hydrogen) atoms. The third-order valence-electron chi connectivity index (χ3n) is 6.32. The van der Waals surface area contributed by atoms with E-state index in [0.29, 0.717) is 6.42 Å². The minimum atomic E-state index is -0.175. The van der Waals surface area contributed by atoms with Gasteiger partial charge >= 0.3 is 0 Å². The van der Waals surface area contributed by atoms with E-state index in [9.17, 15) is 4.79 Å². The zero-order valence-corrected chi connectivity index (χ0v) is 19.8. The van der Waals surface area contributed by atoms with Crippen LogP contribution in [0.25, 0.3) is 0 Å². The molecule has 0 aromatic heterocycles. The van der Waals surface area contributed by atoms with Crippen LogP contribution >= 0.6 is 24.8 Å². The fourth-order valence-electron chi connectivity index (χ4n) is 4.44. The van der Waals surface area contributed by atoms with Crippen LogP contribution in [0, 0.1) is 5.92 Å². The second-order valence-electron chi connectivity index (χ2n) is 8.27. The Kier molecular flexibility index (Phi) is 10.3. The van der Waals surface area contributed by atoms with Crippen molar-refractivity contribution in [1.29, 1.82) is 0 Å². The standard InChI is InChI=1S/C24H33N3O.2ClH/c1-19(25)22(18-20-10-6-4-7-11-20)23(28)27-16-14-24(15-17-27,26(2)3)21-12-8-5-9-13-21;;/h4-13,19,22H,14-18,25H2,1-3H3;2*1H/t19-,22-;;/m0../s1. The van der Waals surface area contributed by atoms with E-state index in [2.05, 4.69) is 61.5 Å². The van der Waals surface area contributed by atoms with Gasteiger partial charge in [-0.3, -0.25) is 9.69 Å². The highest BCUT2D eigenvalue weighted by molar-refractivity contribution is 5.85. The Labute approximate surface area is 193 Å². The fraction of sp³-hybridized carbons (Fsp3) is 0.458. The Bertz CT molecular complexity index is 761. The lowest BCUT2D eigenvalue weighted by Crippen LogP contribution is -2.54. The summed E-state index contributed by atoms with van der Waals surface area (Å²) in [5.41, 5.74) is 8.72. The van der Waals surface area contributed by atoms with Crippen LogP contribution < -0.4 is 5.73 Å². The molecule has 1 aliphatic heterocycles. The first kappa shape index (κ1) is 26.4. The number of benzene rings is 2. The minimum Gasteiger partial charge on any atom is -0.342 e. The largest absolute Gasteiger partial charge is 0.342 e. The number of piperidine rings is 1. The van der Waals surface area contributed by atoms with Gasteiger partial charge in [-0.25, -0.2) is 0 Å². The lowest BCUT2D eigenvalue weighted by atomic mass is 9.79. The highest BCUT2D eigenvalue weighted by Gasteiger charge is 2.40. The molecule has 2 N–H and O–H groups in total. The molecule has 0 unspecified atom stereocenters. The molecule has 0 saturated carbocycles. The van der Waals surface area contributed by atoms with Crippen molar-refractivity contribution in [2.75, 3.05) is 27.2 Å². The highest BCUT2D eigenvalue weighted by atomic mass is 35.5. The molecule has 1 saturated heterocycles. The fourth-order valence-corrected chi connectivity index (χ4v) is 4.44. The molecule has 3 rings (SSSR count). The molecule has 1 heterocycles. The molecular weight excluding hydrogens is 417 g/mol. The average molecular weight is 452 g/mol. The average Bonchev–Trinajstić information content (AvgIpc) is 2.72. The van der Waals surface area contributed by atoms with Crippen molar-refractivity contribution in [1.82, 2.24) is 9.80 Å². The van der Waals surface area contributed by atoms with Crippen molar-refractivity contribution in [3.05, 3.63) is 71.8 Å². The summed E-state index contributed by atoms with van der Waals surface area (Å²) in [7, 11) is 4.29. The molecule has 4 nitrogen and oxygen atoms in total. The number of carbonyl (C=O) groups is 1. The van der Waals surface area contributed by atoms with Gasteiger partial charge in [0, 0.05) is 24.7 Å². The van der Waals surface area contributed by atoms with Gasteiger partial charge in [0.2, 0.25) is 5.91 Å². The zero-order chi connectivity index (χ0) is 20.1. The number of carbonyl (C=O) groups excluding carboxylic acids is 1. The van der Waals surface area contributed by atoms with Crippen molar-refractivity contribution in [2.24, 2.45) is 11.7 Å². The number of hydrogen-bond acceptors (Lipinski definition) is 3. The second kappa shape index (κ2) is 11.7. The predicted octanol–water partition coefficient (Wildman–Crippen LogP) is 4.12. The van der Waals surface area contributed by atoms with Gasteiger partial charge in [0.1, 0.15) is 0 Å². The van der Waals surface area contributed by atoms with E-state index >= 15 is 0 Å². The quantitative estimate of drug-likeness (QED) is 0.718. The molecule has 6 heteroatoms. The smallest absolute Gasteiger partial charge is 0.227 e. The number of hydrogen-bond donors (Lipinski definition) is 1. The van der Waals surface area contributed by atoms with Gasteiger partial charge in [0.05, 0.1) is 5.92 Å². The Balaban J connectivity index is 0.00000225. The van der Waals surface area contributed by atoms with E-state index in [0.717, 1.165) is 25.9 Å². The maximum atomic E-state index is 13.3. The molecular formula is C24H35Cl2N3O. The third kappa shape index (κ3) is 5.76. The molecule has 1 aliphatic rings. The maximum absolute atomic E-state index is 13.3. The summed E-state index contributed by atoms with van der Waals surface area (Å²) in [6.45, 7) is 3.48. The summed E-state index contributed by atoms with van der Waals surface area (Å²) in [4.78, 5) is 17.6. The van der Waals surface area contributed by atoms with Crippen molar-refractivity contribution in [2.45, 2.75) is 37.8 Å². The van der Waals surface area contributed by atoms with Crippen LogP contribution in [0.3, 0.4) is 0 Å². The molecule has 0 aliphatic carbocycles. The SMILES string of the molecule is C[C@H](N)[C@H](Cc1ccccc1)C(=O)N1CCC(c2ccccc2)(N(C)C)CC1.Cl.Cl. The van der Waals surface area contributed by atoms with Gasteiger partial charge in [0.15, 0.2) is 0 Å². The van der Waals surface area contributed by atoms with E-state index in [1.807, 2.05) is 30.0 Å². The Hall–Kier alpha value is -1.59. The highest BCUT2D eigenvalue weighted by Crippen LogP contribution is 2.37. The summed E-state index contributed by atoms with van der Waals surface area (Å²) < 4.78 is 0. The Morgan fingerprint density at radius 1 is 1.00 bits per heavy atom. The van der Waals surface area contributed by atoms with Gasteiger partial charge in [-0.05, 0) is 51.4 Å². The number of nitrogens with zero attached hydrogens (tertiary/aromatic N) is 2. The molecule has 0 radical (unpaired) electrons. The van der Waals surface area contributed by atoms with E-state index < -0.39 is 0 Å². The molecule has 1 amide bonds. The van der Waals surface area contributed by atoms with Gasteiger partial charge in [-0.2, -0.15) is 0 Å². The zero-order valence-electron chi connectivity index (χ0n) is 18.2. The summed E-state index contributed by atoms with van der Waals surface area (Å²) in [5.74, 6) is 0.0188. The summed E-state index contributed by atoms with van der Waals surface area (Å²) in [6, 6.07) is 20.7. The second-order valence-corrected chi connectivity index (χ2v) is 8.27. The lowest BCUT2D eigenvalue weighted by molar-refractivity contribution is -0.138. The molecule has 0 spiro atoms. The minimum absolute atomic E-state index is 0. The van der Waals surface area contributed by atoms with Crippen LogP contribution in [0.2, 0.25) is 0 Å². The van der Waals surface area contributed by atoms with E-state index in [1.165, 1.54) is 11.1 Å². The molecule has 2 aromatic rings. The number of amides is 1. The summed E-state index contributed by atoms with van der Waals surface area (Å²) >= 11 is 0. The monoisotopic (exact) mass is 451 g/mol. The van der Waals surface area contributed by atoms with Crippen molar-refractivity contribution < 1.29 is 4.79 Å². The first-order valence-electron chi connectivity index (χ1n) is 10.3. The normalized spacial score (nSPS) is 17.4. The third-order valence-corrected chi connectivity index (χ3v) is 6.32. The number of halogens is 2. The maximum Gasteiger partial charge on any atom is 0.227 e. The molecule has 2 aromatic carbocycles. The summed E-state index contributed by atoms with van der Waals surface area (Å²) in [6.07, 6.45) is 2.57. The van der Waals surface area contributed by atoms with E-state index in [1.54, 1.807) is 0 Å². The first-order valence-corrected chi connectivity index (χ1v) is 10.3. The lowest BCUT2D eigenvalue weighted by Gasteiger charge is -2.47. The first-order chi connectivity index (χ1) is 13.4. The van der Waals surface area contributed by atoms with Crippen LogP contribution in [0.4, 0.5) is 0 Å². The number of rotatable bonds is 6. The van der Waals surface area contributed by atoms with Crippen molar-refractivity contribution in [3.63, 3.8) is 0 Å². The molecule has 1 fully saturated rings.